The quantitative estimate of drug-likeness (QED) is 0.0838. The van der Waals surface area contributed by atoms with Crippen molar-refractivity contribution in [2.75, 3.05) is 0 Å². The molecule has 0 aliphatic heterocycles. The molecule has 1 N–H and O–H groups in total. The van der Waals surface area contributed by atoms with Crippen LogP contribution in [0.3, 0.4) is 0 Å². The number of aliphatic hydroxyl groups excluding tert-OH is 1. The second-order valence-electron chi connectivity index (χ2n) is 9.93. The van der Waals surface area contributed by atoms with Crippen molar-refractivity contribution >= 4 is 33.3 Å². The number of ketones is 1. The molecule has 213 valence electrons. The summed E-state index contributed by atoms with van der Waals surface area (Å²) in [5.74, 6) is -0.216. The SMILES string of the molecule is O=C(/C=C(\O)c1ccccc1)c1ccccc1.[Eu].c1ccc(-c2ccnc3c2ccc2c(-c4ccccc4)ccnc23)cc1. The first-order valence-electron chi connectivity index (χ1n) is 14.0. The average molecular weight is 709 g/mol. The van der Waals surface area contributed by atoms with Crippen molar-refractivity contribution in [2.45, 2.75) is 0 Å². The van der Waals surface area contributed by atoms with Crippen LogP contribution in [-0.4, -0.2) is 20.9 Å². The largest absolute Gasteiger partial charge is 0.507 e. The minimum atomic E-state index is -0.202. The maximum absolute atomic E-state index is 11.8. The fraction of sp³-hybridized carbons (Fsp3) is 0. The third-order valence-electron chi connectivity index (χ3n) is 7.19. The van der Waals surface area contributed by atoms with E-state index in [2.05, 4.69) is 82.8 Å². The Labute approximate surface area is 297 Å². The molecule has 2 heterocycles. The topological polar surface area (TPSA) is 63.1 Å². The van der Waals surface area contributed by atoms with Gasteiger partial charge in [-0.1, -0.05) is 133 Å². The van der Waals surface area contributed by atoms with Crippen molar-refractivity contribution in [2.24, 2.45) is 0 Å². The van der Waals surface area contributed by atoms with Gasteiger partial charge in [0, 0.05) is 89.7 Å². The van der Waals surface area contributed by atoms with Gasteiger partial charge in [0.25, 0.3) is 0 Å². The number of aliphatic hydroxyl groups is 1. The summed E-state index contributed by atoms with van der Waals surface area (Å²) in [5.41, 5.74) is 7.85. The van der Waals surface area contributed by atoms with Crippen molar-refractivity contribution in [3.05, 3.63) is 175 Å². The van der Waals surface area contributed by atoms with Gasteiger partial charge in [0.05, 0.1) is 11.0 Å². The number of fused-ring (bicyclic) bond motifs is 3. The van der Waals surface area contributed by atoms with Crippen LogP contribution in [0.25, 0.3) is 49.8 Å². The Morgan fingerprint density at radius 3 is 1.32 bits per heavy atom. The molecular weight excluding hydrogens is 680 g/mol. The Kier molecular flexibility index (Phi) is 10.6. The average Bonchev–Trinajstić information content (AvgIpc) is 3.09. The smallest absolute Gasteiger partial charge is 0.189 e. The van der Waals surface area contributed by atoms with Gasteiger partial charge in [0.1, 0.15) is 5.76 Å². The molecule has 0 fully saturated rings. The maximum atomic E-state index is 11.8. The van der Waals surface area contributed by atoms with Crippen molar-refractivity contribution < 1.29 is 59.3 Å². The van der Waals surface area contributed by atoms with E-state index >= 15 is 0 Å². The predicted octanol–water partition coefficient (Wildman–Crippen LogP) is 9.59. The number of allylic oxidation sites excluding steroid dienone is 1. The van der Waals surface area contributed by atoms with Gasteiger partial charge in [-0.25, -0.2) is 0 Å². The minimum Gasteiger partial charge on any atom is -0.507 e. The molecule has 7 rings (SSSR count). The van der Waals surface area contributed by atoms with Crippen LogP contribution < -0.4 is 0 Å². The van der Waals surface area contributed by atoms with E-state index in [0.29, 0.717) is 11.1 Å². The number of hydrogen-bond acceptors (Lipinski definition) is 4. The van der Waals surface area contributed by atoms with Gasteiger partial charge < -0.3 is 5.11 Å². The van der Waals surface area contributed by atoms with E-state index < -0.39 is 0 Å². The molecule has 0 aliphatic carbocycles. The van der Waals surface area contributed by atoms with Crippen molar-refractivity contribution in [3.63, 3.8) is 0 Å². The second-order valence-corrected chi connectivity index (χ2v) is 9.93. The van der Waals surface area contributed by atoms with Gasteiger partial charge in [-0.15, -0.1) is 0 Å². The summed E-state index contributed by atoms with van der Waals surface area (Å²) in [7, 11) is 0. The summed E-state index contributed by atoms with van der Waals surface area (Å²) < 4.78 is 0. The van der Waals surface area contributed by atoms with E-state index in [-0.39, 0.29) is 60.9 Å². The third kappa shape index (κ3) is 7.08. The van der Waals surface area contributed by atoms with Crippen LogP contribution in [0.1, 0.15) is 15.9 Å². The number of hydrogen-bond donors (Lipinski definition) is 1. The normalized spacial score (nSPS) is 10.9. The van der Waals surface area contributed by atoms with Crippen molar-refractivity contribution in [1.29, 1.82) is 0 Å². The summed E-state index contributed by atoms with van der Waals surface area (Å²) in [6.45, 7) is 0. The number of rotatable bonds is 5. The molecule has 2 aromatic heterocycles. The van der Waals surface area contributed by atoms with Crippen LogP contribution in [-0.2, 0) is 0 Å². The summed E-state index contributed by atoms with van der Waals surface area (Å²) in [6, 6.07) is 47.2. The van der Waals surface area contributed by atoms with E-state index in [9.17, 15) is 9.90 Å². The molecule has 5 aromatic carbocycles. The summed E-state index contributed by atoms with van der Waals surface area (Å²) in [4.78, 5) is 21.1. The van der Waals surface area contributed by atoms with Gasteiger partial charge in [0.15, 0.2) is 5.78 Å². The molecular formula is C39H28EuN2O2. The van der Waals surface area contributed by atoms with Crippen molar-refractivity contribution in [1.82, 2.24) is 9.97 Å². The summed E-state index contributed by atoms with van der Waals surface area (Å²) >= 11 is 0. The first-order valence-corrected chi connectivity index (χ1v) is 14.0. The van der Waals surface area contributed by atoms with E-state index in [4.69, 9.17) is 0 Å². The molecule has 0 amide bonds. The minimum absolute atomic E-state index is 0. The zero-order valence-corrected chi connectivity index (χ0v) is 26.1. The van der Waals surface area contributed by atoms with E-state index in [1.54, 1.807) is 36.4 Å². The Balaban J connectivity index is 0.000000187. The molecule has 5 heteroatoms. The van der Waals surface area contributed by atoms with Gasteiger partial charge >= 0.3 is 0 Å². The third-order valence-corrected chi connectivity index (χ3v) is 7.19. The van der Waals surface area contributed by atoms with Crippen LogP contribution >= 0.6 is 0 Å². The number of benzene rings is 5. The Bertz CT molecular complexity index is 1930. The monoisotopic (exact) mass is 709 g/mol. The fourth-order valence-corrected chi connectivity index (χ4v) is 5.07. The van der Waals surface area contributed by atoms with Crippen molar-refractivity contribution in [3.8, 4) is 22.3 Å². The number of aromatic nitrogens is 2. The van der Waals surface area contributed by atoms with Crippen LogP contribution in [0, 0.1) is 49.4 Å². The molecule has 4 nitrogen and oxygen atoms in total. The molecule has 0 atom stereocenters. The fourth-order valence-electron chi connectivity index (χ4n) is 5.07. The van der Waals surface area contributed by atoms with Gasteiger partial charge in [-0.2, -0.15) is 0 Å². The van der Waals surface area contributed by atoms with Gasteiger partial charge in [0.2, 0.25) is 0 Å². The Hall–Kier alpha value is -4.29. The first kappa shape index (κ1) is 31.1. The molecule has 1 radical (unpaired) electrons. The van der Waals surface area contributed by atoms with Crippen LogP contribution in [0.15, 0.2) is 164 Å². The van der Waals surface area contributed by atoms with Gasteiger partial charge in [-0.3, -0.25) is 14.8 Å². The maximum Gasteiger partial charge on any atom is 0.189 e. The number of carbonyl (C=O) groups is 1. The molecule has 44 heavy (non-hydrogen) atoms. The van der Waals surface area contributed by atoms with Crippen LogP contribution in [0.4, 0.5) is 0 Å². The number of nitrogens with zero attached hydrogens (tertiary/aromatic N) is 2. The standard InChI is InChI=1S/C24H16N2.C15H12O2.Eu/c1-3-7-17(8-4-1)19-13-15-25-23-21(19)11-12-22-20(14-16-26-24(22)23)18-9-5-2-6-10-18;16-14(12-7-3-1-4-8-12)11-15(17)13-9-5-2-6-10-13;/h1-16H;1-11,16H;/b;14-11-;. The van der Waals surface area contributed by atoms with E-state index in [1.807, 2.05) is 48.8 Å². The molecule has 0 saturated carbocycles. The summed E-state index contributed by atoms with van der Waals surface area (Å²) in [5, 5.41) is 12.0. The van der Waals surface area contributed by atoms with Crippen LogP contribution in [0.2, 0.25) is 0 Å². The van der Waals surface area contributed by atoms with Gasteiger partial charge in [-0.05, 0) is 34.4 Å². The number of pyridine rings is 2. The molecule has 0 unspecified atom stereocenters. The Morgan fingerprint density at radius 2 is 0.886 bits per heavy atom. The second kappa shape index (κ2) is 14.9. The molecule has 0 bridgehead atoms. The van der Waals surface area contributed by atoms with E-state index in [1.165, 1.54) is 28.3 Å². The predicted molar refractivity (Wildman–Crippen MR) is 176 cm³/mol. The molecule has 0 spiro atoms. The molecule has 0 aliphatic rings. The van der Waals surface area contributed by atoms with E-state index in [0.717, 1.165) is 21.8 Å². The number of carbonyl (C=O) groups excluding carboxylic acids is 1. The summed E-state index contributed by atoms with van der Waals surface area (Å²) in [6.07, 6.45) is 4.99. The molecule has 7 aromatic rings. The Morgan fingerprint density at radius 1 is 0.500 bits per heavy atom. The zero-order valence-electron chi connectivity index (χ0n) is 23.7. The molecule has 0 saturated heterocycles. The first-order chi connectivity index (χ1) is 21.2. The van der Waals surface area contributed by atoms with Crippen LogP contribution in [0.5, 0.6) is 0 Å². The zero-order chi connectivity index (χ0) is 29.4.